The molecule has 0 aromatic carbocycles. The Morgan fingerprint density at radius 3 is 3.20 bits per heavy atom. The van der Waals surface area contributed by atoms with E-state index in [9.17, 15) is 0 Å². The molecule has 4 nitrogen and oxygen atoms in total. The Hall–Kier alpha value is -0.970. The molecule has 0 atom stereocenters. The monoisotopic (exact) mass is 198 g/mol. The highest BCUT2D eigenvalue weighted by atomic mass is 79.9. The van der Waals surface area contributed by atoms with Crippen LogP contribution >= 0.6 is 15.9 Å². The second-order valence-corrected chi connectivity index (χ2v) is 2.56. The lowest BCUT2D eigenvalue weighted by Crippen LogP contribution is -1.78. The zero-order valence-corrected chi connectivity index (χ0v) is 6.46. The normalized spacial score (nSPS) is 10.5. The van der Waals surface area contributed by atoms with Crippen LogP contribution in [0.5, 0.6) is 0 Å². The molecule has 0 saturated heterocycles. The lowest BCUT2D eigenvalue weighted by atomic mass is 10.4. The van der Waals surface area contributed by atoms with E-state index in [-0.39, 0.29) is 0 Å². The van der Waals surface area contributed by atoms with Gasteiger partial charge >= 0.3 is 0 Å². The van der Waals surface area contributed by atoms with Crippen molar-refractivity contribution in [2.75, 3.05) is 0 Å². The molecule has 2 aromatic rings. The summed E-state index contributed by atoms with van der Waals surface area (Å²) in [5, 5.41) is 15.0. The van der Waals surface area contributed by atoms with Gasteiger partial charge in [-0.3, -0.25) is 5.10 Å². The van der Waals surface area contributed by atoms with Crippen molar-refractivity contribution in [3.05, 3.63) is 16.9 Å². The molecule has 50 valence electrons. The van der Waals surface area contributed by atoms with Gasteiger partial charge in [0.25, 0.3) is 0 Å². The van der Waals surface area contributed by atoms with Gasteiger partial charge in [0.05, 0.1) is 11.6 Å². The predicted molar refractivity (Wildman–Crippen MR) is 39.4 cm³/mol. The molecule has 0 saturated carbocycles. The average molecular weight is 199 g/mol. The summed E-state index contributed by atoms with van der Waals surface area (Å²) in [6.45, 7) is 0. The van der Waals surface area contributed by atoms with Crippen molar-refractivity contribution in [3.8, 4) is 0 Å². The van der Waals surface area contributed by atoms with E-state index < -0.39 is 0 Å². The van der Waals surface area contributed by atoms with Crippen molar-refractivity contribution >= 4 is 27.0 Å². The topological polar surface area (TPSA) is 54.5 Å². The molecular weight excluding hydrogens is 196 g/mol. The van der Waals surface area contributed by atoms with E-state index in [1.807, 2.05) is 6.07 Å². The average Bonchev–Trinajstić information content (AvgIpc) is 2.34. The number of hydrogen-bond acceptors (Lipinski definition) is 3. The van der Waals surface area contributed by atoms with Crippen molar-refractivity contribution in [3.63, 3.8) is 0 Å². The molecule has 5 heteroatoms. The Kier molecular flexibility index (Phi) is 1.17. The first kappa shape index (κ1) is 5.79. The van der Waals surface area contributed by atoms with Gasteiger partial charge in [-0.25, -0.2) is 0 Å². The molecule has 0 spiro atoms. The number of aromatic nitrogens is 4. The number of rotatable bonds is 0. The fraction of sp³-hybridized carbons (Fsp3) is 0. The van der Waals surface area contributed by atoms with Gasteiger partial charge in [-0.2, -0.15) is 10.2 Å². The number of H-pyrrole nitrogens is 1. The third-order valence-electron chi connectivity index (χ3n) is 1.20. The van der Waals surface area contributed by atoms with Crippen molar-refractivity contribution in [1.29, 1.82) is 0 Å². The van der Waals surface area contributed by atoms with Gasteiger partial charge in [0, 0.05) is 0 Å². The van der Waals surface area contributed by atoms with Crippen LogP contribution in [-0.4, -0.2) is 20.4 Å². The van der Waals surface area contributed by atoms with E-state index in [4.69, 9.17) is 0 Å². The fourth-order valence-electron chi connectivity index (χ4n) is 0.743. The molecule has 10 heavy (non-hydrogen) atoms. The minimum absolute atomic E-state index is 0.703. The minimum Gasteiger partial charge on any atom is -0.258 e. The summed E-state index contributed by atoms with van der Waals surface area (Å²) >= 11 is 3.26. The minimum atomic E-state index is 0.703. The van der Waals surface area contributed by atoms with Gasteiger partial charge < -0.3 is 0 Å². The Balaban J connectivity index is 2.93. The number of nitrogens with one attached hydrogen (secondary N) is 1. The highest BCUT2D eigenvalue weighted by Crippen LogP contribution is 2.16. The molecule has 2 rings (SSSR count). The van der Waals surface area contributed by atoms with Gasteiger partial charge in [-0.15, -0.1) is 5.10 Å². The second kappa shape index (κ2) is 2.02. The third-order valence-corrected chi connectivity index (χ3v) is 1.81. The highest BCUT2D eigenvalue weighted by molar-refractivity contribution is 9.10. The van der Waals surface area contributed by atoms with E-state index in [0.717, 1.165) is 9.99 Å². The maximum Gasteiger partial charge on any atom is 0.178 e. The lowest BCUT2D eigenvalue weighted by Gasteiger charge is -1.81. The first-order valence-electron chi connectivity index (χ1n) is 2.69. The maximum atomic E-state index is 3.88. The number of nitrogens with zero attached hydrogens (tertiary/aromatic N) is 3. The van der Waals surface area contributed by atoms with Gasteiger partial charge in [0.15, 0.2) is 5.65 Å². The number of aromatic amines is 1. The molecule has 0 unspecified atom stereocenters. The van der Waals surface area contributed by atoms with Crippen molar-refractivity contribution in [2.24, 2.45) is 0 Å². The number of halogens is 1. The molecule has 0 aliphatic rings. The van der Waals surface area contributed by atoms with E-state index in [1.54, 1.807) is 6.20 Å². The van der Waals surface area contributed by atoms with Crippen LogP contribution < -0.4 is 0 Å². The van der Waals surface area contributed by atoms with Crippen LogP contribution in [0.3, 0.4) is 0 Å². The third kappa shape index (κ3) is 0.706. The summed E-state index contributed by atoms with van der Waals surface area (Å²) in [4.78, 5) is 0. The largest absolute Gasteiger partial charge is 0.258 e. The molecule has 1 N–H and O–H groups in total. The standard InChI is InChI=1S/C5H3BrN4/c6-4-3-1-2-7-9-5(3)10-8-4/h1-2H,(H,8,9,10). The van der Waals surface area contributed by atoms with Crippen LogP contribution in [-0.2, 0) is 0 Å². The molecule has 0 aliphatic heterocycles. The summed E-state index contributed by atoms with van der Waals surface area (Å²) in [7, 11) is 0. The lowest BCUT2D eigenvalue weighted by molar-refractivity contribution is 1.02. The van der Waals surface area contributed by atoms with Gasteiger partial charge in [-0.05, 0) is 22.0 Å². The Bertz CT molecular complexity index is 355. The van der Waals surface area contributed by atoms with Crippen LogP contribution in [0.25, 0.3) is 11.0 Å². The molecule has 0 aliphatic carbocycles. The quantitative estimate of drug-likeness (QED) is 0.691. The molecule has 0 radical (unpaired) electrons. The van der Waals surface area contributed by atoms with Gasteiger partial charge in [0.2, 0.25) is 0 Å². The van der Waals surface area contributed by atoms with Crippen LogP contribution in [0, 0.1) is 0 Å². The zero-order valence-electron chi connectivity index (χ0n) is 4.87. The van der Waals surface area contributed by atoms with Crippen LogP contribution in [0.2, 0.25) is 0 Å². The van der Waals surface area contributed by atoms with E-state index in [2.05, 4.69) is 36.3 Å². The molecule has 2 aromatic heterocycles. The van der Waals surface area contributed by atoms with Crippen LogP contribution in [0.15, 0.2) is 16.9 Å². The van der Waals surface area contributed by atoms with Crippen LogP contribution in [0.4, 0.5) is 0 Å². The van der Waals surface area contributed by atoms with Crippen molar-refractivity contribution in [1.82, 2.24) is 20.4 Å². The van der Waals surface area contributed by atoms with Crippen molar-refractivity contribution in [2.45, 2.75) is 0 Å². The molecule has 2 heterocycles. The Morgan fingerprint density at radius 2 is 2.40 bits per heavy atom. The zero-order chi connectivity index (χ0) is 6.97. The van der Waals surface area contributed by atoms with Crippen LogP contribution in [0.1, 0.15) is 0 Å². The Morgan fingerprint density at radius 1 is 1.50 bits per heavy atom. The van der Waals surface area contributed by atoms with E-state index >= 15 is 0 Å². The van der Waals surface area contributed by atoms with Gasteiger partial charge in [-0.1, -0.05) is 0 Å². The maximum absolute atomic E-state index is 3.88. The SMILES string of the molecule is Brc1n[nH]c2nnccc12. The first-order valence-corrected chi connectivity index (χ1v) is 3.48. The Labute approximate surface area is 64.8 Å². The van der Waals surface area contributed by atoms with Gasteiger partial charge in [0.1, 0.15) is 4.60 Å². The summed E-state index contributed by atoms with van der Waals surface area (Å²) in [6.07, 6.45) is 1.63. The molecule has 0 fully saturated rings. The predicted octanol–water partition coefficient (Wildman–Crippen LogP) is 1.12. The molecule has 0 bridgehead atoms. The summed E-state index contributed by atoms with van der Waals surface area (Å²) in [5.41, 5.74) is 0.703. The smallest absolute Gasteiger partial charge is 0.178 e. The molecule has 0 amide bonds. The summed E-state index contributed by atoms with van der Waals surface area (Å²) in [5.74, 6) is 0. The van der Waals surface area contributed by atoms with E-state index in [1.165, 1.54) is 0 Å². The summed E-state index contributed by atoms with van der Waals surface area (Å²) in [6, 6.07) is 1.84. The van der Waals surface area contributed by atoms with E-state index in [0.29, 0.717) is 5.65 Å². The number of fused-ring (bicyclic) bond motifs is 1. The molecular formula is C5H3BrN4. The number of hydrogen-bond donors (Lipinski definition) is 1. The van der Waals surface area contributed by atoms with Crippen molar-refractivity contribution < 1.29 is 0 Å². The first-order chi connectivity index (χ1) is 4.88. The summed E-state index contributed by atoms with van der Waals surface area (Å²) < 4.78 is 0.775. The fourth-order valence-corrected chi connectivity index (χ4v) is 1.15. The second-order valence-electron chi connectivity index (χ2n) is 1.81. The highest BCUT2D eigenvalue weighted by Gasteiger charge is 2.00.